The summed E-state index contributed by atoms with van der Waals surface area (Å²) < 4.78 is 0. The van der Waals surface area contributed by atoms with E-state index in [-0.39, 0.29) is 30.1 Å². The molecule has 0 aromatic carbocycles. The van der Waals surface area contributed by atoms with Crippen LogP contribution < -0.4 is 11.1 Å². The zero-order valence-electron chi connectivity index (χ0n) is 12.1. The van der Waals surface area contributed by atoms with Crippen LogP contribution in [0, 0.1) is 11.8 Å². The van der Waals surface area contributed by atoms with E-state index >= 15 is 0 Å². The summed E-state index contributed by atoms with van der Waals surface area (Å²) in [6.07, 6.45) is 3.41. The normalized spacial score (nSPS) is 29.9. The van der Waals surface area contributed by atoms with Crippen LogP contribution in [0.5, 0.6) is 0 Å². The number of piperazine rings is 1. The molecule has 0 spiro atoms. The van der Waals surface area contributed by atoms with Crippen molar-refractivity contribution in [2.75, 3.05) is 19.6 Å². The highest BCUT2D eigenvalue weighted by Gasteiger charge is 2.40. The lowest BCUT2D eigenvalue weighted by Gasteiger charge is -2.39. The van der Waals surface area contributed by atoms with Crippen LogP contribution in [0.4, 0.5) is 0 Å². The van der Waals surface area contributed by atoms with E-state index in [1.165, 1.54) is 4.90 Å². The van der Waals surface area contributed by atoms with Gasteiger partial charge in [0.1, 0.15) is 6.04 Å². The van der Waals surface area contributed by atoms with Crippen molar-refractivity contribution in [1.29, 1.82) is 0 Å². The van der Waals surface area contributed by atoms with E-state index in [9.17, 15) is 14.4 Å². The van der Waals surface area contributed by atoms with Crippen molar-refractivity contribution in [3.63, 3.8) is 0 Å². The van der Waals surface area contributed by atoms with Crippen molar-refractivity contribution >= 4 is 17.8 Å². The predicted molar refractivity (Wildman–Crippen MR) is 75.3 cm³/mol. The molecule has 2 amide bonds. The number of nitrogens with two attached hydrogens (primary N) is 1. The first kappa shape index (κ1) is 15.8. The van der Waals surface area contributed by atoms with E-state index in [4.69, 9.17) is 10.8 Å². The number of nitrogens with zero attached hydrogens (tertiary/aromatic N) is 1. The van der Waals surface area contributed by atoms with E-state index in [0.29, 0.717) is 19.6 Å². The Morgan fingerprint density at radius 3 is 2.71 bits per heavy atom. The van der Waals surface area contributed by atoms with Gasteiger partial charge in [-0.2, -0.15) is 0 Å². The summed E-state index contributed by atoms with van der Waals surface area (Å²) in [5, 5.41) is 11.6. The molecule has 1 aliphatic heterocycles. The standard InChI is InChI=1S/C14H23N3O4/c15-8-9-3-1-2-4-10(9)14(21)17-6-5-16-13(20)11(17)7-12(18)19/h9-11H,1-8,15H2,(H,16,20)(H,18,19). The maximum atomic E-state index is 12.8. The average Bonchev–Trinajstić information content (AvgIpc) is 2.48. The van der Waals surface area contributed by atoms with Gasteiger partial charge in [-0.25, -0.2) is 0 Å². The summed E-state index contributed by atoms with van der Waals surface area (Å²) in [5.74, 6) is -1.59. The van der Waals surface area contributed by atoms with Crippen molar-refractivity contribution < 1.29 is 19.5 Å². The van der Waals surface area contributed by atoms with Crippen LogP contribution in [0.1, 0.15) is 32.1 Å². The van der Waals surface area contributed by atoms with E-state index in [1.54, 1.807) is 0 Å². The van der Waals surface area contributed by atoms with Gasteiger partial charge in [0.2, 0.25) is 11.8 Å². The molecular weight excluding hydrogens is 274 g/mol. The number of carbonyl (C=O) groups is 3. The second-order valence-corrected chi connectivity index (χ2v) is 5.82. The summed E-state index contributed by atoms with van der Waals surface area (Å²) in [6, 6.07) is -0.899. The molecule has 1 heterocycles. The molecule has 0 bridgehead atoms. The molecule has 1 aliphatic carbocycles. The zero-order valence-corrected chi connectivity index (χ0v) is 12.1. The molecule has 0 aromatic heterocycles. The number of carbonyl (C=O) groups excluding carboxylic acids is 2. The number of rotatable bonds is 4. The Morgan fingerprint density at radius 1 is 1.33 bits per heavy atom. The summed E-state index contributed by atoms with van der Waals surface area (Å²) in [4.78, 5) is 37.0. The molecule has 3 unspecified atom stereocenters. The fraction of sp³-hybridized carbons (Fsp3) is 0.786. The van der Waals surface area contributed by atoms with Crippen molar-refractivity contribution in [3.05, 3.63) is 0 Å². The SMILES string of the molecule is NCC1CCCCC1C(=O)N1CCNC(=O)C1CC(=O)O. The maximum Gasteiger partial charge on any atom is 0.305 e. The van der Waals surface area contributed by atoms with Crippen LogP contribution in [0.3, 0.4) is 0 Å². The Balaban J connectivity index is 2.14. The molecular formula is C14H23N3O4. The average molecular weight is 297 g/mol. The first-order valence-electron chi connectivity index (χ1n) is 7.54. The molecule has 3 atom stereocenters. The van der Waals surface area contributed by atoms with Gasteiger partial charge in [-0.1, -0.05) is 12.8 Å². The van der Waals surface area contributed by atoms with Crippen LogP contribution in [0.25, 0.3) is 0 Å². The molecule has 0 radical (unpaired) electrons. The minimum absolute atomic E-state index is 0.105. The van der Waals surface area contributed by atoms with Crippen LogP contribution in [-0.4, -0.2) is 53.5 Å². The number of nitrogens with one attached hydrogen (secondary N) is 1. The van der Waals surface area contributed by atoms with Gasteiger partial charge in [0.25, 0.3) is 0 Å². The van der Waals surface area contributed by atoms with Gasteiger partial charge in [0.15, 0.2) is 0 Å². The number of amides is 2. The molecule has 2 rings (SSSR count). The molecule has 2 fully saturated rings. The van der Waals surface area contributed by atoms with Crippen LogP contribution >= 0.6 is 0 Å². The summed E-state index contributed by atoms with van der Waals surface area (Å²) >= 11 is 0. The van der Waals surface area contributed by atoms with Crippen molar-refractivity contribution in [2.45, 2.75) is 38.1 Å². The fourth-order valence-electron chi connectivity index (χ4n) is 3.37. The quantitative estimate of drug-likeness (QED) is 0.651. The molecule has 7 nitrogen and oxygen atoms in total. The van der Waals surface area contributed by atoms with Gasteiger partial charge in [0.05, 0.1) is 6.42 Å². The van der Waals surface area contributed by atoms with Gasteiger partial charge in [-0.05, 0) is 25.3 Å². The Labute approximate surface area is 123 Å². The third-order valence-corrected chi connectivity index (χ3v) is 4.51. The van der Waals surface area contributed by atoms with Crippen LogP contribution in [0.2, 0.25) is 0 Å². The molecule has 21 heavy (non-hydrogen) atoms. The van der Waals surface area contributed by atoms with Crippen LogP contribution in [0.15, 0.2) is 0 Å². The molecule has 1 saturated carbocycles. The third kappa shape index (κ3) is 3.53. The zero-order chi connectivity index (χ0) is 15.4. The van der Waals surface area contributed by atoms with Gasteiger partial charge >= 0.3 is 5.97 Å². The number of carboxylic acids is 1. The van der Waals surface area contributed by atoms with Gasteiger partial charge < -0.3 is 21.1 Å². The molecule has 2 aliphatic rings. The van der Waals surface area contributed by atoms with Crippen molar-refractivity contribution in [2.24, 2.45) is 17.6 Å². The van der Waals surface area contributed by atoms with E-state index in [0.717, 1.165) is 25.7 Å². The maximum absolute atomic E-state index is 12.8. The van der Waals surface area contributed by atoms with Gasteiger partial charge in [0, 0.05) is 19.0 Å². The smallest absolute Gasteiger partial charge is 0.305 e. The predicted octanol–water partition coefficient (Wildman–Crippen LogP) is -0.447. The number of hydrogen-bond donors (Lipinski definition) is 3. The highest BCUT2D eigenvalue weighted by molar-refractivity contribution is 5.92. The molecule has 4 N–H and O–H groups in total. The Morgan fingerprint density at radius 2 is 2.05 bits per heavy atom. The molecule has 0 aromatic rings. The highest BCUT2D eigenvalue weighted by Crippen LogP contribution is 2.31. The first-order valence-corrected chi connectivity index (χ1v) is 7.54. The summed E-state index contributed by atoms with van der Waals surface area (Å²) in [6.45, 7) is 1.21. The second kappa shape index (κ2) is 6.89. The van der Waals surface area contributed by atoms with E-state index in [1.807, 2.05) is 0 Å². The Bertz CT molecular complexity index is 426. The Hall–Kier alpha value is -1.63. The number of hydrogen-bond acceptors (Lipinski definition) is 4. The van der Waals surface area contributed by atoms with Crippen LogP contribution in [-0.2, 0) is 14.4 Å². The molecule has 7 heteroatoms. The first-order chi connectivity index (χ1) is 10.0. The Kier molecular flexibility index (Phi) is 5.17. The number of carboxylic acid groups (broad SMARTS) is 1. The minimum atomic E-state index is -1.08. The lowest BCUT2D eigenvalue weighted by Crippen LogP contribution is -2.59. The second-order valence-electron chi connectivity index (χ2n) is 5.82. The van der Waals surface area contributed by atoms with Crippen molar-refractivity contribution in [3.8, 4) is 0 Å². The lowest BCUT2D eigenvalue weighted by molar-refractivity contribution is -0.152. The molecule has 118 valence electrons. The van der Waals surface area contributed by atoms with Crippen molar-refractivity contribution in [1.82, 2.24) is 10.2 Å². The highest BCUT2D eigenvalue weighted by atomic mass is 16.4. The summed E-state index contributed by atoms with van der Waals surface area (Å²) in [7, 11) is 0. The lowest BCUT2D eigenvalue weighted by atomic mass is 9.78. The summed E-state index contributed by atoms with van der Waals surface area (Å²) in [5.41, 5.74) is 5.76. The van der Waals surface area contributed by atoms with E-state index in [2.05, 4.69) is 5.32 Å². The number of aliphatic carboxylic acids is 1. The fourth-order valence-corrected chi connectivity index (χ4v) is 3.37. The molecule has 1 saturated heterocycles. The monoisotopic (exact) mass is 297 g/mol. The topological polar surface area (TPSA) is 113 Å². The minimum Gasteiger partial charge on any atom is -0.481 e. The van der Waals surface area contributed by atoms with Gasteiger partial charge in [-0.3, -0.25) is 14.4 Å². The third-order valence-electron chi connectivity index (χ3n) is 4.51. The van der Waals surface area contributed by atoms with Gasteiger partial charge in [-0.15, -0.1) is 0 Å². The largest absolute Gasteiger partial charge is 0.481 e. The van der Waals surface area contributed by atoms with E-state index < -0.39 is 12.0 Å².